The minimum absolute atomic E-state index is 0. The van der Waals surface area contributed by atoms with E-state index < -0.39 is 15.8 Å². The zero-order valence-electron chi connectivity index (χ0n) is 12.9. The highest BCUT2D eigenvalue weighted by molar-refractivity contribution is 7.89. The van der Waals surface area contributed by atoms with Gasteiger partial charge in [-0.15, -0.1) is 12.4 Å². The Bertz CT molecular complexity index is 874. The van der Waals surface area contributed by atoms with Gasteiger partial charge in [-0.1, -0.05) is 6.92 Å². The van der Waals surface area contributed by atoms with E-state index in [1.807, 2.05) is 6.92 Å². The molecular formula is C14H20ClN3O4S. The molecule has 0 spiro atoms. The van der Waals surface area contributed by atoms with Crippen molar-refractivity contribution in [2.45, 2.75) is 24.3 Å². The number of piperidine rings is 1. The second-order valence-electron chi connectivity index (χ2n) is 5.85. The third-order valence-corrected chi connectivity index (χ3v) is 6.20. The number of hydrogen-bond acceptors (Lipinski definition) is 5. The van der Waals surface area contributed by atoms with Crippen LogP contribution in [0.2, 0.25) is 0 Å². The number of halogens is 1. The average molecular weight is 362 g/mol. The highest BCUT2D eigenvalue weighted by atomic mass is 35.5. The van der Waals surface area contributed by atoms with Crippen LogP contribution in [-0.2, 0) is 17.1 Å². The number of aromatic nitrogens is 1. The molecule has 1 fully saturated rings. The number of nitrogens with two attached hydrogens (primary N) is 1. The van der Waals surface area contributed by atoms with Crippen LogP contribution in [0.25, 0.3) is 11.1 Å². The Balaban J connectivity index is 0.00000192. The number of nitrogens with zero attached hydrogens (tertiary/aromatic N) is 2. The standard InChI is InChI=1S/C14H19N3O4S.ClH/c1-9-8-17(6-5-11(9)15)22(19,20)10-3-4-12-13(7-10)21-14(18)16(12)2;/h3-4,7,9,11H,5-6,8,15H2,1-2H3;1H. The number of oxazole rings is 1. The molecule has 2 aromatic rings. The number of fused-ring (bicyclic) bond motifs is 1. The van der Waals surface area contributed by atoms with Gasteiger partial charge in [-0.3, -0.25) is 4.57 Å². The van der Waals surface area contributed by atoms with Gasteiger partial charge < -0.3 is 10.2 Å². The Morgan fingerprint density at radius 3 is 2.70 bits per heavy atom. The van der Waals surface area contributed by atoms with Gasteiger partial charge in [-0.05, 0) is 24.5 Å². The highest BCUT2D eigenvalue weighted by Crippen LogP contribution is 2.25. The predicted molar refractivity (Wildman–Crippen MR) is 89.2 cm³/mol. The van der Waals surface area contributed by atoms with Gasteiger partial charge in [0.1, 0.15) is 0 Å². The zero-order valence-corrected chi connectivity index (χ0v) is 14.6. The molecule has 128 valence electrons. The molecule has 1 aliphatic heterocycles. The Morgan fingerprint density at radius 1 is 1.35 bits per heavy atom. The van der Waals surface area contributed by atoms with Crippen LogP contribution in [0.4, 0.5) is 0 Å². The van der Waals surface area contributed by atoms with Gasteiger partial charge in [-0.25, -0.2) is 13.2 Å². The molecule has 2 heterocycles. The minimum atomic E-state index is -3.61. The Labute approximate surface area is 140 Å². The monoisotopic (exact) mass is 361 g/mol. The van der Waals surface area contributed by atoms with Gasteiger partial charge in [-0.2, -0.15) is 4.31 Å². The number of benzene rings is 1. The van der Waals surface area contributed by atoms with Crippen molar-refractivity contribution in [2.75, 3.05) is 13.1 Å². The maximum absolute atomic E-state index is 12.7. The Kier molecular flexibility index (Phi) is 4.91. The van der Waals surface area contributed by atoms with E-state index in [2.05, 4.69) is 0 Å². The first-order valence-electron chi connectivity index (χ1n) is 7.16. The minimum Gasteiger partial charge on any atom is -0.408 e. The fourth-order valence-corrected chi connectivity index (χ4v) is 4.34. The zero-order chi connectivity index (χ0) is 16.1. The van der Waals surface area contributed by atoms with Crippen LogP contribution in [0.1, 0.15) is 13.3 Å². The molecule has 7 nitrogen and oxygen atoms in total. The van der Waals surface area contributed by atoms with E-state index in [0.29, 0.717) is 25.0 Å². The first kappa shape index (κ1) is 18.0. The fourth-order valence-electron chi connectivity index (χ4n) is 2.77. The third-order valence-electron chi connectivity index (χ3n) is 4.34. The molecule has 1 aromatic heterocycles. The van der Waals surface area contributed by atoms with Gasteiger partial charge in [0.25, 0.3) is 0 Å². The van der Waals surface area contributed by atoms with Crippen LogP contribution in [0.3, 0.4) is 0 Å². The summed E-state index contributed by atoms with van der Waals surface area (Å²) in [5.41, 5.74) is 6.78. The molecule has 2 atom stereocenters. The maximum Gasteiger partial charge on any atom is 0.419 e. The van der Waals surface area contributed by atoms with Crippen LogP contribution in [0, 0.1) is 5.92 Å². The van der Waals surface area contributed by atoms with Crippen LogP contribution >= 0.6 is 12.4 Å². The normalized spacial score (nSPS) is 22.9. The molecule has 0 saturated carbocycles. The molecule has 2 unspecified atom stereocenters. The van der Waals surface area contributed by atoms with E-state index in [1.165, 1.54) is 21.0 Å². The smallest absolute Gasteiger partial charge is 0.408 e. The molecule has 3 rings (SSSR count). The van der Waals surface area contributed by atoms with Crippen LogP contribution in [-0.4, -0.2) is 36.4 Å². The lowest BCUT2D eigenvalue weighted by Gasteiger charge is -2.34. The summed E-state index contributed by atoms with van der Waals surface area (Å²) < 4.78 is 33.3. The fraction of sp³-hybridized carbons (Fsp3) is 0.500. The lowest BCUT2D eigenvalue weighted by Crippen LogP contribution is -2.48. The van der Waals surface area contributed by atoms with Crippen molar-refractivity contribution in [3.63, 3.8) is 0 Å². The van der Waals surface area contributed by atoms with Gasteiger partial charge in [0.15, 0.2) is 5.58 Å². The lowest BCUT2D eigenvalue weighted by molar-refractivity contribution is 0.250. The largest absolute Gasteiger partial charge is 0.419 e. The van der Waals surface area contributed by atoms with Crippen molar-refractivity contribution in [2.24, 2.45) is 18.7 Å². The van der Waals surface area contributed by atoms with E-state index in [0.717, 1.165) is 0 Å². The molecule has 2 N–H and O–H groups in total. The average Bonchev–Trinajstić information content (AvgIpc) is 2.76. The summed E-state index contributed by atoms with van der Waals surface area (Å²) in [4.78, 5) is 11.6. The molecule has 9 heteroatoms. The van der Waals surface area contributed by atoms with Crippen molar-refractivity contribution in [3.8, 4) is 0 Å². The van der Waals surface area contributed by atoms with Crippen LogP contribution < -0.4 is 11.5 Å². The van der Waals surface area contributed by atoms with E-state index >= 15 is 0 Å². The van der Waals surface area contributed by atoms with Gasteiger partial charge >= 0.3 is 5.76 Å². The second-order valence-corrected chi connectivity index (χ2v) is 7.79. The molecule has 0 aliphatic carbocycles. The molecule has 1 aromatic carbocycles. The summed E-state index contributed by atoms with van der Waals surface area (Å²) in [5, 5.41) is 0. The Morgan fingerprint density at radius 2 is 2.04 bits per heavy atom. The summed E-state index contributed by atoms with van der Waals surface area (Å²) in [6.07, 6.45) is 0.642. The third kappa shape index (κ3) is 3.03. The first-order chi connectivity index (χ1) is 10.3. The van der Waals surface area contributed by atoms with Gasteiger partial charge in [0.05, 0.1) is 10.4 Å². The molecular weight excluding hydrogens is 342 g/mol. The number of sulfonamides is 1. The van der Waals surface area contributed by atoms with Crippen molar-refractivity contribution in [1.29, 1.82) is 0 Å². The van der Waals surface area contributed by atoms with E-state index in [9.17, 15) is 13.2 Å². The van der Waals surface area contributed by atoms with Gasteiger partial charge in [0.2, 0.25) is 10.0 Å². The number of aryl methyl sites for hydroxylation is 1. The molecule has 0 amide bonds. The van der Waals surface area contributed by atoms with E-state index in [4.69, 9.17) is 10.2 Å². The Hall–Kier alpha value is -1.35. The quantitative estimate of drug-likeness (QED) is 0.857. The van der Waals surface area contributed by atoms with Crippen LogP contribution in [0.15, 0.2) is 32.3 Å². The van der Waals surface area contributed by atoms with E-state index in [-0.39, 0.29) is 34.8 Å². The van der Waals surface area contributed by atoms with Gasteiger partial charge in [0, 0.05) is 32.2 Å². The van der Waals surface area contributed by atoms with E-state index in [1.54, 1.807) is 13.1 Å². The highest BCUT2D eigenvalue weighted by Gasteiger charge is 2.32. The molecule has 1 saturated heterocycles. The SMILES string of the molecule is CC1CN(S(=O)(=O)c2ccc3c(c2)oc(=O)n3C)CCC1N.Cl. The second kappa shape index (κ2) is 6.27. The van der Waals surface area contributed by atoms with Crippen LogP contribution in [0.5, 0.6) is 0 Å². The predicted octanol–water partition coefficient (Wildman–Crippen LogP) is 0.911. The molecule has 23 heavy (non-hydrogen) atoms. The van der Waals surface area contributed by atoms with Crippen molar-refractivity contribution >= 4 is 33.5 Å². The molecule has 0 radical (unpaired) electrons. The summed E-state index contributed by atoms with van der Waals surface area (Å²) >= 11 is 0. The van der Waals surface area contributed by atoms with Crippen molar-refractivity contribution in [3.05, 3.63) is 28.7 Å². The molecule has 1 aliphatic rings. The lowest BCUT2D eigenvalue weighted by atomic mass is 9.96. The summed E-state index contributed by atoms with van der Waals surface area (Å²) in [6.45, 7) is 2.76. The summed E-state index contributed by atoms with van der Waals surface area (Å²) in [7, 11) is -2.03. The summed E-state index contributed by atoms with van der Waals surface area (Å²) in [5.74, 6) is -0.399. The van der Waals surface area contributed by atoms with Crippen molar-refractivity contribution < 1.29 is 12.8 Å². The number of hydrogen-bond donors (Lipinski definition) is 1. The number of rotatable bonds is 2. The molecule has 0 bridgehead atoms. The first-order valence-corrected chi connectivity index (χ1v) is 8.60. The topological polar surface area (TPSA) is 98.5 Å². The summed E-state index contributed by atoms with van der Waals surface area (Å²) in [6, 6.07) is 4.53. The maximum atomic E-state index is 12.7. The van der Waals surface area contributed by atoms with Crippen molar-refractivity contribution in [1.82, 2.24) is 8.87 Å².